The van der Waals surface area contributed by atoms with Crippen molar-refractivity contribution in [3.8, 4) is 12.3 Å². The van der Waals surface area contributed by atoms with Gasteiger partial charge in [0, 0.05) is 26.6 Å². The van der Waals surface area contributed by atoms with Gasteiger partial charge in [-0.2, -0.15) is 0 Å². The Bertz CT molecular complexity index is 1180. The predicted octanol–water partition coefficient (Wildman–Crippen LogP) is 2.84. The largest absolute Gasteiger partial charge is 0.390 e. The van der Waals surface area contributed by atoms with E-state index in [-0.39, 0.29) is 25.3 Å². The van der Waals surface area contributed by atoms with Crippen molar-refractivity contribution in [3.05, 3.63) is 35.9 Å². The van der Waals surface area contributed by atoms with Crippen LogP contribution < -0.4 is 16.0 Å². The zero-order chi connectivity index (χ0) is 34.1. The van der Waals surface area contributed by atoms with E-state index in [4.69, 9.17) is 6.42 Å². The number of hydrogen-bond acceptors (Lipinski definition) is 7. The normalized spacial score (nSPS) is 17.5. The van der Waals surface area contributed by atoms with Gasteiger partial charge < -0.3 is 26.2 Å². The Labute approximate surface area is 277 Å². The molecule has 0 radical (unpaired) electrons. The topological polar surface area (TPSA) is 148 Å². The minimum absolute atomic E-state index is 0.119. The van der Waals surface area contributed by atoms with E-state index in [1.165, 1.54) is 11.4 Å². The average molecular weight is 663 g/mol. The lowest BCUT2D eigenvalue weighted by Crippen LogP contribution is -2.56. The highest BCUT2D eigenvalue weighted by molar-refractivity contribution is 7.89. The molecule has 1 aromatic carbocycles. The number of aliphatic hydroxyl groups is 2. The van der Waals surface area contributed by atoms with Gasteiger partial charge in [-0.05, 0) is 49.6 Å². The molecule has 1 fully saturated rings. The number of aliphatic hydroxyl groups excluding tert-OH is 2. The summed E-state index contributed by atoms with van der Waals surface area (Å²) in [7, 11) is -2.32. The van der Waals surface area contributed by atoms with Crippen LogP contribution in [-0.2, 0) is 26.0 Å². The second kappa shape index (κ2) is 20.7. The summed E-state index contributed by atoms with van der Waals surface area (Å²) in [5.41, 5.74) is 0.790. The van der Waals surface area contributed by atoms with E-state index in [9.17, 15) is 28.2 Å². The van der Waals surface area contributed by atoms with Crippen LogP contribution in [0.4, 0.5) is 0 Å². The van der Waals surface area contributed by atoms with E-state index in [1.807, 2.05) is 51.1 Å². The van der Waals surface area contributed by atoms with Crippen molar-refractivity contribution in [2.45, 2.75) is 109 Å². The van der Waals surface area contributed by atoms with Crippen molar-refractivity contribution in [2.24, 2.45) is 17.8 Å². The van der Waals surface area contributed by atoms with Crippen molar-refractivity contribution in [1.82, 2.24) is 20.3 Å². The molecule has 46 heavy (non-hydrogen) atoms. The second-order valence-electron chi connectivity index (χ2n) is 13.2. The molecule has 10 nitrogen and oxygen atoms in total. The minimum atomic E-state index is -3.82. The molecule has 0 unspecified atom stereocenters. The lowest BCUT2D eigenvalue weighted by Gasteiger charge is -2.33. The fourth-order valence-corrected chi connectivity index (χ4v) is 7.44. The molecule has 0 aromatic heterocycles. The summed E-state index contributed by atoms with van der Waals surface area (Å²) in [4.78, 5) is 27.4. The lowest BCUT2D eigenvalue weighted by molar-refractivity contribution is -0.132. The van der Waals surface area contributed by atoms with E-state index in [1.54, 1.807) is 0 Å². The maximum atomic E-state index is 13.8. The highest BCUT2D eigenvalue weighted by Gasteiger charge is 2.35. The van der Waals surface area contributed by atoms with E-state index in [2.05, 4.69) is 21.9 Å². The molecule has 11 heteroatoms. The molecule has 1 aliphatic rings. The molecular weight excluding hydrogens is 604 g/mol. The van der Waals surface area contributed by atoms with Gasteiger partial charge >= 0.3 is 0 Å². The van der Waals surface area contributed by atoms with Gasteiger partial charge in [0.25, 0.3) is 0 Å². The SMILES string of the molecule is C#CC[C@H](NC(=O)[C@H](Cc1ccccc1)CS(=O)(=O)N(C)CCNCCC)C(=O)N[C@@H](CC1CCCCC1)[C@@H](O)[C@@H](O)CC(C)C. The number of benzene rings is 1. The van der Waals surface area contributed by atoms with Crippen LogP contribution in [0.1, 0.15) is 84.1 Å². The summed E-state index contributed by atoms with van der Waals surface area (Å²) >= 11 is 0. The predicted molar refractivity (Wildman–Crippen MR) is 183 cm³/mol. The molecule has 0 bridgehead atoms. The van der Waals surface area contributed by atoms with Crippen molar-refractivity contribution in [2.75, 3.05) is 32.4 Å². The molecule has 1 saturated carbocycles. The Hall–Kier alpha value is -2.49. The van der Waals surface area contributed by atoms with E-state index in [0.29, 0.717) is 25.3 Å². The van der Waals surface area contributed by atoms with Gasteiger partial charge in [-0.15, -0.1) is 12.3 Å². The third kappa shape index (κ3) is 14.1. The van der Waals surface area contributed by atoms with E-state index < -0.39 is 57.8 Å². The van der Waals surface area contributed by atoms with Gasteiger partial charge in [-0.1, -0.05) is 83.2 Å². The van der Waals surface area contributed by atoms with E-state index in [0.717, 1.165) is 50.6 Å². The van der Waals surface area contributed by atoms with Gasteiger partial charge in [0.2, 0.25) is 21.8 Å². The number of carbonyl (C=O) groups is 2. The molecule has 0 aliphatic heterocycles. The van der Waals surface area contributed by atoms with Crippen LogP contribution in [0.2, 0.25) is 0 Å². The number of nitrogens with zero attached hydrogens (tertiary/aromatic N) is 1. The zero-order valence-electron chi connectivity index (χ0n) is 28.3. The number of amides is 2. The zero-order valence-corrected chi connectivity index (χ0v) is 29.1. The molecule has 5 atom stereocenters. The molecule has 0 heterocycles. The summed E-state index contributed by atoms with van der Waals surface area (Å²) in [6.45, 7) is 7.47. The molecule has 0 spiro atoms. The number of rotatable bonds is 21. The Kier molecular flexibility index (Phi) is 17.8. The molecular formula is C35H58N4O6S. The third-order valence-electron chi connectivity index (χ3n) is 8.73. The van der Waals surface area contributed by atoms with Crippen LogP contribution in [-0.4, -0.2) is 91.5 Å². The highest BCUT2D eigenvalue weighted by atomic mass is 32.2. The van der Waals surface area contributed by atoms with Crippen molar-refractivity contribution < 1.29 is 28.2 Å². The van der Waals surface area contributed by atoms with Crippen LogP contribution in [0, 0.1) is 30.1 Å². The Morgan fingerprint density at radius 3 is 2.33 bits per heavy atom. The first-order chi connectivity index (χ1) is 21.9. The first kappa shape index (κ1) is 39.7. The smallest absolute Gasteiger partial charge is 0.243 e. The first-order valence-corrected chi connectivity index (χ1v) is 18.6. The molecule has 0 saturated heterocycles. The van der Waals surface area contributed by atoms with E-state index >= 15 is 0 Å². The van der Waals surface area contributed by atoms with Gasteiger partial charge in [-0.3, -0.25) is 9.59 Å². The number of nitrogens with one attached hydrogen (secondary N) is 3. The molecule has 5 N–H and O–H groups in total. The van der Waals surface area contributed by atoms with Crippen LogP contribution in [0.3, 0.4) is 0 Å². The van der Waals surface area contributed by atoms with Crippen LogP contribution in [0.25, 0.3) is 0 Å². The fraction of sp³-hybridized carbons (Fsp3) is 0.714. The number of terminal acetylenes is 1. The Morgan fingerprint density at radius 1 is 1.04 bits per heavy atom. The summed E-state index contributed by atoms with van der Waals surface area (Å²) in [6, 6.07) is 7.28. The summed E-state index contributed by atoms with van der Waals surface area (Å²) in [5, 5.41) is 30.8. The van der Waals surface area contributed by atoms with Gasteiger partial charge in [0.05, 0.1) is 23.8 Å². The lowest BCUT2D eigenvalue weighted by atomic mass is 9.82. The second-order valence-corrected chi connectivity index (χ2v) is 15.4. The number of likely N-dealkylation sites (N-methyl/N-ethyl adjacent to an activating group) is 1. The summed E-state index contributed by atoms with van der Waals surface area (Å²) in [5.74, 6) is 0.322. The molecule has 1 aromatic rings. The number of carbonyl (C=O) groups excluding carboxylic acids is 2. The molecule has 1 aliphatic carbocycles. The molecule has 2 amide bonds. The highest BCUT2D eigenvalue weighted by Crippen LogP contribution is 2.29. The van der Waals surface area contributed by atoms with Crippen LogP contribution in [0.15, 0.2) is 30.3 Å². The third-order valence-corrected chi connectivity index (χ3v) is 10.7. The molecule has 2 rings (SSSR count). The average Bonchev–Trinajstić information content (AvgIpc) is 3.02. The standard InChI is InChI=1S/C35H58N4O6S/c1-6-14-30(35(43)38-31(24-28-17-12-9-13-18-28)33(41)32(40)22-26(3)4)37-34(42)29(23-27-15-10-8-11-16-27)25-46(44,45)39(5)21-20-36-19-7-2/h1,8,10-11,15-16,26,28-33,36,40-41H,7,9,12-14,17-25H2,2-5H3,(H,37,42)(H,38,43)/t29-,30+,31+,32+,33-/m1/s1. The number of hydrogen-bond donors (Lipinski definition) is 5. The monoisotopic (exact) mass is 662 g/mol. The maximum Gasteiger partial charge on any atom is 0.243 e. The molecule has 260 valence electrons. The van der Waals surface area contributed by atoms with Gasteiger partial charge in [-0.25, -0.2) is 12.7 Å². The van der Waals surface area contributed by atoms with Crippen molar-refractivity contribution in [3.63, 3.8) is 0 Å². The Balaban J connectivity index is 2.24. The van der Waals surface area contributed by atoms with Crippen molar-refractivity contribution >= 4 is 21.8 Å². The fourth-order valence-electron chi connectivity index (χ4n) is 6.04. The summed E-state index contributed by atoms with van der Waals surface area (Å²) < 4.78 is 28.0. The minimum Gasteiger partial charge on any atom is -0.390 e. The summed E-state index contributed by atoms with van der Waals surface area (Å²) in [6.07, 6.45) is 10.6. The van der Waals surface area contributed by atoms with Gasteiger partial charge in [0.1, 0.15) is 12.1 Å². The quantitative estimate of drug-likeness (QED) is 0.100. The maximum absolute atomic E-state index is 13.8. The van der Waals surface area contributed by atoms with Crippen LogP contribution in [0.5, 0.6) is 0 Å². The van der Waals surface area contributed by atoms with Gasteiger partial charge in [0.15, 0.2) is 0 Å². The number of sulfonamides is 1. The first-order valence-electron chi connectivity index (χ1n) is 17.0. The Morgan fingerprint density at radius 2 is 1.72 bits per heavy atom. The van der Waals surface area contributed by atoms with Crippen LogP contribution >= 0.6 is 0 Å². The van der Waals surface area contributed by atoms with Crippen molar-refractivity contribution in [1.29, 1.82) is 0 Å².